The van der Waals surface area contributed by atoms with E-state index in [2.05, 4.69) is 0 Å². The van der Waals surface area contributed by atoms with Gasteiger partial charge in [-0.3, -0.25) is 0 Å². The van der Waals surface area contributed by atoms with Gasteiger partial charge in [-0.2, -0.15) is 4.31 Å². The Labute approximate surface area is 147 Å². The van der Waals surface area contributed by atoms with Crippen molar-refractivity contribution < 1.29 is 8.42 Å². The summed E-state index contributed by atoms with van der Waals surface area (Å²) in [5.41, 5.74) is 1.93. The molecule has 0 aliphatic carbocycles. The second-order valence-electron chi connectivity index (χ2n) is 5.37. The smallest absolute Gasteiger partial charge is 0.246 e. The van der Waals surface area contributed by atoms with Crippen molar-refractivity contribution in [3.05, 3.63) is 58.1 Å². The maximum absolute atomic E-state index is 12.7. The van der Waals surface area contributed by atoms with Crippen molar-refractivity contribution in [1.82, 2.24) is 4.31 Å². The van der Waals surface area contributed by atoms with Crippen LogP contribution in [0.1, 0.15) is 5.56 Å². The number of sulfonamides is 1. The zero-order valence-electron chi connectivity index (χ0n) is 13.1. The number of benzene rings is 2. The normalized spacial score (nSPS) is 11.7. The van der Waals surface area contributed by atoms with Crippen LogP contribution >= 0.6 is 23.2 Å². The third kappa shape index (κ3) is 3.98. The average Bonchev–Trinajstić information content (AvgIpc) is 2.47. The van der Waals surface area contributed by atoms with E-state index in [4.69, 9.17) is 23.2 Å². The molecule has 0 aliphatic rings. The van der Waals surface area contributed by atoms with E-state index in [0.717, 1.165) is 11.3 Å². The number of rotatable bonds is 5. The van der Waals surface area contributed by atoms with Gasteiger partial charge in [0.05, 0.1) is 10.0 Å². The van der Waals surface area contributed by atoms with E-state index >= 15 is 0 Å². The number of halogens is 2. The van der Waals surface area contributed by atoms with Crippen LogP contribution in [0.5, 0.6) is 0 Å². The van der Waals surface area contributed by atoms with Crippen LogP contribution in [-0.4, -0.2) is 33.9 Å². The van der Waals surface area contributed by atoms with Crippen LogP contribution in [-0.2, 0) is 16.6 Å². The highest BCUT2D eigenvalue weighted by molar-refractivity contribution is 7.89. The summed E-state index contributed by atoms with van der Waals surface area (Å²) in [7, 11) is 1.64. The highest BCUT2D eigenvalue weighted by atomic mass is 35.5. The molecule has 0 aromatic heterocycles. The second-order valence-corrected chi connectivity index (χ2v) is 8.17. The van der Waals surface area contributed by atoms with E-state index in [1.807, 2.05) is 43.3 Å². The second kappa shape index (κ2) is 7.09. The molecule has 0 unspecified atom stereocenters. The molecule has 0 N–H and O–H groups in total. The molecular weight excluding hydrogens is 355 g/mol. The minimum Gasteiger partial charge on any atom is -0.378 e. The van der Waals surface area contributed by atoms with Crippen molar-refractivity contribution in [2.45, 2.75) is 11.4 Å². The van der Waals surface area contributed by atoms with Crippen molar-refractivity contribution >= 4 is 38.9 Å². The summed E-state index contributed by atoms with van der Waals surface area (Å²) < 4.78 is 26.6. The quantitative estimate of drug-likeness (QED) is 0.799. The minimum absolute atomic E-state index is 0.0595. The average molecular weight is 373 g/mol. The number of anilines is 1. The fraction of sp³-hybridized carbons (Fsp3) is 0.250. The molecule has 0 amide bonds. The summed E-state index contributed by atoms with van der Waals surface area (Å²) in [4.78, 5) is 1.92. The topological polar surface area (TPSA) is 40.6 Å². The Bertz CT molecular complexity index is 770. The fourth-order valence-corrected chi connectivity index (χ4v) is 4.37. The summed E-state index contributed by atoms with van der Waals surface area (Å²) in [5.74, 6) is 0. The molecule has 23 heavy (non-hydrogen) atoms. The van der Waals surface area contributed by atoms with Gasteiger partial charge in [-0.25, -0.2) is 8.42 Å². The first-order valence-electron chi connectivity index (χ1n) is 6.90. The summed E-state index contributed by atoms with van der Waals surface area (Å²) >= 11 is 12.0. The lowest BCUT2D eigenvalue weighted by Gasteiger charge is -2.19. The van der Waals surface area contributed by atoms with Gasteiger partial charge < -0.3 is 4.90 Å². The third-order valence-corrected chi connectivity index (χ3v) is 6.20. The van der Waals surface area contributed by atoms with E-state index in [-0.39, 0.29) is 21.5 Å². The maximum atomic E-state index is 12.7. The molecule has 7 heteroatoms. The Balaban J connectivity index is 2.27. The molecule has 2 aromatic carbocycles. The lowest BCUT2D eigenvalue weighted by molar-refractivity contribution is 0.467. The van der Waals surface area contributed by atoms with Gasteiger partial charge in [0.15, 0.2) is 0 Å². The largest absolute Gasteiger partial charge is 0.378 e. The lowest BCUT2D eigenvalue weighted by Crippen LogP contribution is -2.27. The Hall–Kier alpha value is -1.27. The third-order valence-electron chi connectivity index (χ3n) is 3.45. The molecule has 2 rings (SSSR count). The zero-order valence-corrected chi connectivity index (χ0v) is 15.5. The van der Waals surface area contributed by atoms with Crippen LogP contribution in [0.25, 0.3) is 0 Å². The predicted octanol–water partition coefficient (Wildman–Crippen LogP) is 3.88. The molecular formula is C16H18Cl2N2O2S. The van der Waals surface area contributed by atoms with Crippen molar-refractivity contribution in [3.63, 3.8) is 0 Å². The van der Waals surface area contributed by atoms with E-state index in [1.54, 1.807) is 6.07 Å². The SMILES string of the molecule is CN(C)c1ccc(CN(C)S(=O)(=O)c2c(Cl)cccc2Cl)cc1. The Morgan fingerprint density at radius 1 is 0.913 bits per heavy atom. The first-order valence-corrected chi connectivity index (χ1v) is 9.09. The van der Waals surface area contributed by atoms with Gasteiger partial charge >= 0.3 is 0 Å². The van der Waals surface area contributed by atoms with Crippen molar-refractivity contribution in [3.8, 4) is 0 Å². The van der Waals surface area contributed by atoms with Crippen LogP contribution in [0.15, 0.2) is 47.4 Å². The molecule has 0 bridgehead atoms. The van der Waals surface area contributed by atoms with Crippen molar-refractivity contribution in [2.24, 2.45) is 0 Å². The van der Waals surface area contributed by atoms with Gasteiger partial charge in [-0.05, 0) is 29.8 Å². The fourth-order valence-electron chi connectivity index (χ4n) is 2.13. The van der Waals surface area contributed by atoms with E-state index in [9.17, 15) is 8.42 Å². The monoisotopic (exact) mass is 372 g/mol. The molecule has 4 nitrogen and oxygen atoms in total. The van der Waals surface area contributed by atoms with Crippen molar-refractivity contribution in [1.29, 1.82) is 0 Å². The first kappa shape index (κ1) is 18.1. The molecule has 0 spiro atoms. The van der Waals surface area contributed by atoms with Crippen LogP contribution < -0.4 is 4.90 Å². The minimum atomic E-state index is -3.77. The molecule has 2 aromatic rings. The summed E-state index contributed by atoms with van der Waals surface area (Å²) in [6.07, 6.45) is 0. The Morgan fingerprint density at radius 2 is 1.43 bits per heavy atom. The van der Waals surface area contributed by atoms with Crippen LogP contribution in [0.3, 0.4) is 0 Å². The first-order chi connectivity index (χ1) is 10.7. The molecule has 0 saturated heterocycles. The lowest BCUT2D eigenvalue weighted by atomic mass is 10.2. The van der Waals surface area contributed by atoms with Gasteiger partial charge in [0.25, 0.3) is 0 Å². The van der Waals surface area contributed by atoms with Gasteiger partial charge in [0.1, 0.15) is 4.90 Å². The molecule has 124 valence electrons. The zero-order chi connectivity index (χ0) is 17.2. The number of hydrogen-bond donors (Lipinski definition) is 0. The molecule has 0 heterocycles. The summed E-state index contributed by atoms with van der Waals surface area (Å²) in [6, 6.07) is 12.3. The highest BCUT2D eigenvalue weighted by Gasteiger charge is 2.26. The Morgan fingerprint density at radius 3 is 1.91 bits per heavy atom. The van der Waals surface area contributed by atoms with Crippen LogP contribution in [0.4, 0.5) is 5.69 Å². The van der Waals surface area contributed by atoms with Gasteiger partial charge in [-0.1, -0.05) is 41.4 Å². The van der Waals surface area contributed by atoms with Crippen LogP contribution in [0.2, 0.25) is 10.0 Å². The molecule has 0 fully saturated rings. The van der Waals surface area contributed by atoms with E-state index < -0.39 is 10.0 Å². The Kier molecular flexibility index (Phi) is 5.57. The standard InChI is InChI=1S/C16H18Cl2N2O2S/c1-19(2)13-9-7-12(8-10-13)11-20(3)23(21,22)16-14(17)5-4-6-15(16)18/h4-10H,11H2,1-3H3. The molecule has 0 aliphatic heterocycles. The number of hydrogen-bond acceptors (Lipinski definition) is 3. The number of nitrogens with zero attached hydrogens (tertiary/aromatic N) is 2. The van der Waals surface area contributed by atoms with E-state index in [1.165, 1.54) is 23.5 Å². The molecule has 0 atom stereocenters. The predicted molar refractivity (Wildman–Crippen MR) is 95.9 cm³/mol. The van der Waals surface area contributed by atoms with Gasteiger partial charge in [0.2, 0.25) is 10.0 Å². The van der Waals surface area contributed by atoms with Gasteiger partial charge in [-0.15, -0.1) is 0 Å². The maximum Gasteiger partial charge on any atom is 0.246 e. The van der Waals surface area contributed by atoms with Crippen molar-refractivity contribution in [2.75, 3.05) is 26.0 Å². The molecule has 0 radical (unpaired) electrons. The van der Waals surface area contributed by atoms with Crippen LogP contribution in [0, 0.1) is 0 Å². The summed E-state index contributed by atoms with van der Waals surface area (Å²) in [5, 5.41) is 0.236. The highest BCUT2D eigenvalue weighted by Crippen LogP contribution is 2.31. The molecule has 0 saturated carbocycles. The van der Waals surface area contributed by atoms with E-state index in [0.29, 0.717) is 0 Å². The van der Waals surface area contributed by atoms with Gasteiger partial charge in [0, 0.05) is 33.4 Å². The summed E-state index contributed by atoms with van der Waals surface area (Å²) in [6.45, 7) is 0.234.